The van der Waals surface area contributed by atoms with Crippen molar-refractivity contribution in [3.05, 3.63) is 58.7 Å². The highest BCUT2D eigenvalue weighted by Gasteiger charge is 2.47. The number of Topliss-reactive ketones (excluding diaryl/α,β-unsaturated/α-hetero) is 1. The average molecular weight is 511 g/mol. The predicted molar refractivity (Wildman–Crippen MR) is 138 cm³/mol. The topological polar surface area (TPSA) is 97.8 Å². The number of aliphatic hydroxyl groups excluding tert-OH is 1. The Labute approximate surface area is 217 Å². The molecular weight excluding hydrogens is 476 g/mol. The first-order chi connectivity index (χ1) is 17.9. The van der Waals surface area contributed by atoms with Gasteiger partial charge in [0.05, 0.1) is 46.2 Å². The lowest BCUT2D eigenvalue weighted by atomic mass is 9.93. The Morgan fingerprint density at radius 1 is 1.00 bits per heavy atom. The molecule has 0 spiro atoms. The number of morpholine rings is 1. The third-order valence-corrected chi connectivity index (χ3v) is 6.91. The molecule has 9 heteroatoms. The molecule has 4 rings (SSSR count). The van der Waals surface area contributed by atoms with Crippen molar-refractivity contribution in [2.45, 2.75) is 19.4 Å². The molecule has 9 nitrogen and oxygen atoms in total. The van der Waals surface area contributed by atoms with Crippen molar-refractivity contribution in [3.8, 4) is 17.2 Å². The lowest BCUT2D eigenvalue weighted by Gasteiger charge is -2.30. The van der Waals surface area contributed by atoms with Crippen molar-refractivity contribution in [1.29, 1.82) is 0 Å². The smallest absolute Gasteiger partial charge is 0.295 e. The van der Waals surface area contributed by atoms with Crippen LogP contribution in [-0.2, 0) is 14.3 Å². The average Bonchev–Trinajstić information content (AvgIpc) is 3.17. The molecule has 1 unspecified atom stereocenters. The van der Waals surface area contributed by atoms with Gasteiger partial charge in [-0.3, -0.25) is 14.5 Å². The SMILES string of the molecule is COc1ccc(/C(O)=C2\C(=O)C(=O)N(CCCN3CCOCC3)C2c2cccc(OC)c2OC)cc1C. The zero-order valence-electron chi connectivity index (χ0n) is 21.8. The number of ketones is 1. The van der Waals surface area contributed by atoms with Crippen LogP contribution in [-0.4, -0.2) is 87.3 Å². The summed E-state index contributed by atoms with van der Waals surface area (Å²) in [7, 11) is 4.61. The van der Waals surface area contributed by atoms with Gasteiger partial charge in [-0.25, -0.2) is 0 Å². The molecule has 2 aromatic carbocycles. The first-order valence-electron chi connectivity index (χ1n) is 12.4. The molecule has 0 aliphatic carbocycles. The number of nitrogens with zero attached hydrogens (tertiary/aromatic N) is 2. The minimum absolute atomic E-state index is 0.0208. The minimum atomic E-state index is -0.836. The summed E-state index contributed by atoms with van der Waals surface area (Å²) in [6.07, 6.45) is 0.664. The van der Waals surface area contributed by atoms with Crippen LogP contribution in [0.4, 0.5) is 0 Å². The molecule has 2 aromatic rings. The summed E-state index contributed by atoms with van der Waals surface area (Å²) in [5.41, 5.74) is 1.81. The van der Waals surface area contributed by atoms with Crippen LogP contribution in [0.2, 0.25) is 0 Å². The molecule has 2 fully saturated rings. The van der Waals surface area contributed by atoms with Gasteiger partial charge in [0, 0.05) is 37.3 Å². The molecule has 0 aromatic heterocycles. The fraction of sp³-hybridized carbons (Fsp3) is 0.429. The fourth-order valence-electron chi connectivity index (χ4n) is 5.03. The number of hydrogen-bond acceptors (Lipinski definition) is 8. The van der Waals surface area contributed by atoms with Gasteiger partial charge in [0.1, 0.15) is 11.5 Å². The summed E-state index contributed by atoms with van der Waals surface area (Å²) in [6.45, 7) is 6.00. The van der Waals surface area contributed by atoms with E-state index in [-0.39, 0.29) is 11.3 Å². The number of methoxy groups -OCH3 is 3. The van der Waals surface area contributed by atoms with Crippen LogP contribution in [0.3, 0.4) is 0 Å². The Bertz CT molecular complexity index is 1190. The van der Waals surface area contributed by atoms with E-state index in [1.807, 2.05) is 6.92 Å². The molecule has 1 N–H and O–H groups in total. The van der Waals surface area contributed by atoms with E-state index in [0.717, 1.165) is 25.2 Å². The summed E-state index contributed by atoms with van der Waals surface area (Å²) < 4.78 is 21.9. The quantitative estimate of drug-likeness (QED) is 0.312. The lowest BCUT2D eigenvalue weighted by molar-refractivity contribution is -0.140. The second kappa shape index (κ2) is 11.7. The van der Waals surface area contributed by atoms with Crippen LogP contribution in [0.25, 0.3) is 5.76 Å². The summed E-state index contributed by atoms with van der Waals surface area (Å²) in [5, 5.41) is 11.4. The number of aliphatic hydroxyl groups is 1. The molecule has 2 heterocycles. The highest BCUT2D eigenvalue weighted by atomic mass is 16.5. The first kappa shape index (κ1) is 26.5. The number of carbonyl (C=O) groups is 2. The van der Waals surface area contributed by atoms with Crippen molar-refractivity contribution in [2.24, 2.45) is 0 Å². The minimum Gasteiger partial charge on any atom is -0.507 e. The van der Waals surface area contributed by atoms with Crippen molar-refractivity contribution in [3.63, 3.8) is 0 Å². The number of aryl methyl sites for hydroxylation is 1. The Morgan fingerprint density at radius 2 is 1.73 bits per heavy atom. The van der Waals surface area contributed by atoms with E-state index in [4.69, 9.17) is 18.9 Å². The predicted octanol–water partition coefficient (Wildman–Crippen LogP) is 3.16. The van der Waals surface area contributed by atoms with E-state index < -0.39 is 17.7 Å². The van der Waals surface area contributed by atoms with Crippen LogP contribution >= 0.6 is 0 Å². The maximum absolute atomic E-state index is 13.4. The monoisotopic (exact) mass is 510 g/mol. The van der Waals surface area contributed by atoms with Crippen molar-refractivity contribution in [1.82, 2.24) is 9.80 Å². The number of para-hydroxylation sites is 1. The van der Waals surface area contributed by atoms with Crippen LogP contribution in [0.1, 0.15) is 29.2 Å². The molecule has 0 bridgehead atoms. The number of carbonyl (C=O) groups excluding carboxylic acids is 2. The third-order valence-electron chi connectivity index (χ3n) is 6.91. The summed E-state index contributed by atoms with van der Waals surface area (Å²) in [4.78, 5) is 30.6. The second-order valence-electron chi connectivity index (χ2n) is 9.07. The standard InChI is InChI=1S/C28H34N2O7/c1-18-17-19(9-10-21(18)34-2)25(31)23-24(20-7-5-8-22(35-3)27(20)36-4)30(28(33)26(23)32)12-6-11-29-13-15-37-16-14-29/h5,7-10,17,24,31H,6,11-16H2,1-4H3/b25-23+. The van der Waals surface area contributed by atoms with Gasteiger partial charge in [0.25, 0.3) is 11.7 Å². The summed E-state index contributed by atoms with van der Waals surface area (Å²) in [5.74, 6) is -0.0808. The van der Waals surface area contributed by atoms with Gasteiger partial charge >= 0.3 is 0 Å². The number of rotatable bonds is 9. The Hall–Kier alpha value is -3.56. The highest BCUT2D eigenvalue weighted by Crippen LogP contribution is 2.45. The molecule has 2 saturated heterocycles. The fourth-order valence-corrected chi connectivity index (χ4v) is 5.03. The molecule has 2 aliphatic heterocycles. The highest BCUT2D eigenvalue weighted by molar-refractivity contribution is 6.46. The number of amides is 1. The van der Waals surface area contributed by atoms with E-state index in [2.05, 4.69) is 4.90 Å². The van der Waals surface area contributed by atoms with E-state index >= 15 is 0 Å². The van der Waals surface area contributed by atoms with Gasteiger partial charge in [-0.05, 0) is 43.2 Å². The normalized spacial score (nSPS) is 19.8. The molecule has 37 heavy (non-hydrogen) atoms. The van der Waals surface area contributed by atoms with Gasteiger partial charge < -0.3 is 29.0 Å². The van der Waals surface area contributed by atoms with Gasteiger partial charge in [0.2, 0.25) is 0 Å². The van der Waals surface area contributed by atoms with Crippen LogP contribution in [0.15, 0.2) is 42.0 Å². The summed E-state index contributed by atoms with van der Waals surface area (Å²) >= 11 is 0. The second-order valence-corrected chi connectivity index (χ2v) is 9.07. The Balaban J connectivity index is 1.77. The maximum atomic E-state index is 13.4. The van der Waals surface area contributed by atoms with Gasteiger partial charge in [-0.2, -0.15) is 0 Å². The lowest BCUT2D eigenvalue weighted by Crippen LogP contribution is -2.39. The molecule has 1 atom stereocenters. The van der Waals surface area contributed by atoms with E-state index in [1.54, 1.807) is 43.5 Å². The van der Waals surface area contributed by atoms with Crippen LogP contribution in [0, 0.1) is 6.92 Å². The van der Waals surface area contributed by atoms with Crippen molar-refractivity contribution in [2.75, 3.05) is 60.7 Å². The number of ether oxygens (including phenoxy) is 4. The largest absolute Gasteiger partial charge is 0.507 e. The van der Waals surface area contributed by atoms with Gasteiger partial charge in [-0.1, -0.05) is 12.1 Å². The maximum Gasteiger partial charge on any atom is 0.295 e. The van der Waals surface area contributed by atoms with E-state index in [9.17, 15) is 14.7 Å². The van der Waals surface area contributed by atoms with Gasteiger partial charge in [0.15, 0.2) is 11.5 Å². The molecule has 2 aliphatic rings. The van der Waals surface area contributed by atoms with Crippen LogP contribution < -0.4 is 14.2 Å². The van der Waals surface area contributed by atoms with Crippen molar-refractivity contribution >= 4 is 17.4 Å². The number of likely N-dealkylation sites (tertiary alicyclic amines) is 1. The molecular formula is C28H34N2O7. The first-order valence-corrected chi connectivity index (χ1v) is 12.4. The molecule has 198 valence electrons. The Morgan fingerprint density at radius 3 is 2.38 bits per heavy atom. The zero-order chi connectivity index (χ0) is 26.5. The van der Waals surface area contributed by atoms with E-state index in [1.165, 1.54) is 19.1 Å². The Kier molecular flexibility index (Phi) is 8.35. The van der Waals surface area contributed by atoms with Gasteiger partial charge in [-0.15, -0.1) is 0 Å². The van der Waals surface area contributed by atoms with E-state index in [0.29, 0.717) is 54.6 Å². The summed E-state index contributed by atoms with van der Waals surface area (Å²) in [6, 6.07) is 9.62. The third kappa shape index (κ3) is 5.28. The molecule has 0 radical (unpaired) electrons. The zero-order valence-corrected chi connectivity index (χ0v) is 21.8. The van der Waals surface area contributed by atoms with Crippen LogP contribution in [0.5, 0.6) is 17.2 Å². The molecule has 1 amide bonds. The number of benzene rings is 2. The van der Waals surface area contributed by atoms with Crippen molar-refractivity contribution < 1.29 is 33.6 Å². The molecule has 0 saturated carbocycles. The number of hydrogen-bond donors (Lipinski definition) is 1.